The van der Waals surface area contributed by atoms with E-state index < -0.39 is 21.7 Å². The molecule has 0 saturated carbocycles. The summed E-state index contributed by atoms with van der Waals surface area (Å²) in [6, 6.07) is 9.05. The zero-order valence-electron chi connectivity index (χ0n) is 13.3. The molecule has 3 rings (SSSR count). The molecule has 6 nitrogen and oxygen atoms in total. The van der Waals surface area contributed by atoms with E-state index in [4.69, 9.17) is 0 Å². The van der Waals surface area contributed by atoms with Crippen LogP contribution in [0.25, 0.3) is 0 Å². The quantitative estimate of drug-likeness (QED) is 0.817. The third-order valence-corrected chi connectivity index (χ3v) is 5.93. The highest BCUT2D eigenvalue weighted by Crippen LogP contribution is 2.29. The highest BCUT2D eigenvalue weighted by molar-refractivity contribution is 7.89. The number of sulfonamides is 1. The second-order valence-corrected chi connectivity index (χ2v) is 7.66. The summed E-state index contributed by atoms with van der Waals surface area (Å²) in [6.07, 6.45) is 1.60. The smallest absolute Gasteiger partial charge is 0.258 e. The molecule has 0 aliphatic carbocycles. The minimum absolute atomic E-state index is 0.0315. The van der Waals surface area contributed by atoms with Gasteiger partial charge in [0.25, 0.3) is 5.91 Å². The number of carbonyl (C=O) groups excluding carboxylic acids is 1. The Kier molecular flexibility index (Phi) is 4.73. The van der Waals surface area contributed by atoms with Crippen LogP contribution in [0.3, 0.4) is 0 Å². The van der Waals surface area contributed by atoms with Gasteiger partial charge in [0, 0.05) is 13.1 Å². The van der Waals surface area contributed by atoms with Crippen molar-refractivity contribution < 1.29 is 22.7 Å². The first-order valence-corrected chi connectivity index (χ1v) is 9.22. The predicted molar refractivity (Wildman–Crippen MR) is 90.5 cm³/mol. The molecule has 0 unspecified atom stereocenters. The van der Waals surface area contributed by atoms with Crippen molar-refractivity contribution >= 4 is 21.6 Å². The fourth-order valence-corrected chi connectivity index (χ4v) is 4.23. The van der Waals surface area contributed by atoms with E-state index in [1.165, 1.54) is 40.7 Å². The number of nitrogens with one attached hydrogen (secondary N) is 1. The maximum atomic E-state index is 13.7. The van der Waals surface area contributed by atoms with Crippen LogP contribution in [0, 0.1) is 5.82 Å². The Morgan fingerprint density at radius 2 is 1.80 bits per heavy atom. The minimum atomic E-state index is -3.69. The number of nitrogens with zero attached hydrogens (tertiary/aromatic N) is 1. The van der Waals surface area contributed by atoms with Crippen molar-refractivity contribution in [2.75, 3.05) is 18.4 Å². The van der Waals surface area contributed by atoms with E-state index in [9.17, 15) is 22.7 Å². The Labute approximate surface area is 144 Å². The Balaban J connectivity index is 1.90. The van der Waals surface area contributed by atoms with Crippen molar-refractivity contribution in [2.24, 2.45) is 0 Å². The fourth-order valence-electron chi connectivity index (χ4n) is 2.69. The van der Waals surface area contributed by atoms with E-state index in [0.717, 1.165) is 18.9 Å². The van der Waals surface area contributed by atoms with Crippen LogP contribution in [-0.4, -0.2) is 36.8 Å². The summed E-state index contributed by atoms with van der Waals surface area (Å²) < 4.78 is 40.2. The van der Waals surface area contributed by atoms with Crippen molar-refractivity contribution in [3.63, 3.8) is 0 Å². The second-order valence-electron chi connectivity index (χ2n) is 5.72. The maximum absolute atomic E-state index is 13.7. The van der Waals surface area contributed by atoms with Gasteiger partial charge < -0.3 is 10.4 Å². The minimum Gasteiger partial charge on any atom is -0.506 e. The number of anilines is 1. The molecule has 1 aliphatic heterocycles. The molecular weight excluding hydrogens is 347 g/mol. The monoisotopic (exact) mass is 364 g/mol. The van der Waals surface area contributed by atoms with Gasteiger partial charge in [0.15, 0.2) is 0 Å². The van der Waals surface area contributed by atoms with E-state index in [-0.39, 0.29) is 21.9 Å². The van der Waals surface area contributed by atoms with Crippen LogP contribution in [0.1, 0.15) is 23.2 Å². The van der Waals surface area contributed by atoms with Crippen molar-refractivity contribution in [3.8, 4) is 5.75 Å². The number of benzene rings is 2. The predicted octanol–water partition coefficient (Wildman–Crippen LogP) is 2.57. The van der Waals surface area contributed by atoms with Gasteiger partial charge in [-0.05, 0) is 43.2 Å². The van der Waals surface area contributed by atoms with Gasteiger partial charge in [0.2, 0.25) is 10.0 Å². The average Bonchev–Trinajstić information content (AvgIpc) is 3.12. The fraction of sp³-hybridized carbons (Fsp3) is 0.235. The van der Waals surface area contributed by atoms with Gasteiger partial charge in [-0.25, -0.2) is 12.8 Å². The van der Waals surface area contributed by atoms with Crippen molar-refractivity contribution in [2.45, 2.75) is 17.7 Å². The Bertz CT molecular complexity index is 909. The SMILES string of the molecule is O=C(Nc1cc(S(=O)(=O)N2CCCC2)ccc1O)c1ccccc1F. The van der Waals surface area contributed by atoms with Crippen molar-refractivity contribution in [1.29, 1.82) is 0 Å². The van der Waals surface area contributed by atoms with Gasteiger partial charge in [-0.15, -0.1) is 0 Å². The van der Waals surface area contributed by atoms with E-state index in [1.807, 2.05) is 0 Å². The van der Waals surface area contributed by atoms with Crippen LogP contribution in [0.15, 0.2) is 47.4 Å². The highest BCUT2D eigenvalue weighted by Gasteiger charge is 2.28. The van der Waals surface area contributed by atoms with E-state index in [1.54, 1.807) is 0 Å². The maximum Gasteiger partial charge on any atom is 0.258 e. The second kappa shape index (κ2) is 6.81. The molecule has 0 radical (unpaired) electrons. The number of amides is 1. The summed E-state index contributed by atoms with van der Waals surface area (Å²) in [5, 5.41) is 12.3. The van der Waals surface area contributed by atoms with Crippen LogP contribution in [0.4, 0.5) is 10.1 Å². The molecule has 2 N–H and O–H groups in total. The van der Waals surface area contributed by atoms with Gasteiger partial charge in [0.05, 0.1) is 16.1 Å². The molecule has 2 aromatic carbocycles. The van der Waals surface area contributed by atoms with Gasteiger partial charge in [-0.2, -0.15) is 4.31 Å². The molecule has 1 aliphatic rings. The molecule has 8 heteroatoms. The largest absolute Gasteiger partial charge is 0.506 e. The summed E-state index contributed by atoms with van der Waals surface area (Å²) in [6.45, 7) is 0.889. The third-order valence-electron chi connectivity index (χ3n) is 4.04. The molecule has 1 amide bonds. The van der Waals surface area contributed by atoms with Gasteiger partial charge in [-0.3, -0.25) is 4.79 Å². The lowest BCUT2D eigenvalue weighted by molar-refractivity contribution is 0.102. The number of hydrogen-bond acceptors (Lipinski definition) is 4. The molecule has 0 spiro atoms. The van der Waals surface area contributed by atoms with E-state index >= 15 is 0 Å². The number of phenolic OH excluding ortho intramolecular Hbond substituents is 1. The first-order valence-electron chi connectivity index (χ1n) is 7.78. The molecule has 1 fully saturated rings. The first kappa shape index (κ1) is 17.4. The molecule has 0 bridgehead atoms. The summed E-state index contributed by atoms with van der Waals surface area (Å²) in [4.78, 5) is 12.2. The van der Waals surface area contributed by atoms with Crippen LogP contribution < -0.4 is 5.32 Å². The van der Waals surface area contributed by atoms with Gasteiger partial charge in [0.1, 0.15) is 11.6 Å². The molecule has 0 atom stereocenters. The lowest BCUT2D eigenvalue weighted by atomic mass is 10.2. The number of aromatic hydroxyl groups is 1. The number of rotatable bonds is 4. The summed E-state index contributed by atoms with van der Waals surface area (Å²) in [5.41, 5.74) is -0.289. The average molecular weight is 364 g/mol. The van der Waals surface area contributed by atoms with Crippen LogP contribution in [0.5, 0.6) is 5.75 Å². The standard InChI is InChI=1S/C17H17FN2O4S/c18-14-6-2-1-5-13(14)17(22)19-15-11-12(7-8-16(15)21)25(23,24)20-9-3-4-10-20/h1-2,5-8,11,21H,3-4,9-10H2,(H,19,22). The van der Waals surface area contributed by atoms with Crippen molar-refractivity contribution in [1.82, 2.24) is 4.31 Å². The molecule has 0 aromatic heterocycles. The molecule has 132 valence electrons. The molecule has 25 heavy (non-hydrogen) atoms. The molecule has 1 saturated heterocycles. The zero-order chi connectivity index (χ0) is 18.0. The summed E-state index contributed by atoms with van der Waals surface area (Å²) >= 11 is 0. The van der Waals surface area contributed by atoms with Gasteiger partial charge in [-0.1, -0.05) is 12.1 Å². The highest BCUT2D eigenvalue weighted by atomic mass is 32.2. The number of phenols is 1. The van der Waals surface area contributed by atoms with Crippen LogP contribution in [0.2, 0.25) is 0 Å². The summed E-state index contributed by atoms with van der Waals surface area (Å²) in [5.74, 6) is -1.78. The molecular formula is C17H17FN2O4S. The third kappa shape index (κ3) is 3.49. The van der Waals surface area contributed by atoms with Crippen molar-refractivity contribution in [3.05, 3.63) is 53.8 Å². The van der Waals surface area contributed by atoms with Crippen LogP contribution >= 0.6 is 0 Å². The normalized spacial score (nSPS) is 15.2. The number of halogens is 1. The number of carbonyl (C=O) groups is 1. The Morgan fingerprint density at radius 1 is 1.12 bits per heavy atom. The number of hydrogen-bond donors (Lipinski definition) is 2. The lowest BCUT2D eigenvalue weighted by Gasteiger charge is -2.16. The molecule has 2 aromatic rings. The zero-order valence-corrected chi connectivity index (χ0v) is 14.1. The Morgan fingerprint density at radius 3 is 2.48 bits per heavy atom. The Hall–Kier alpha value is -2.45. The first-order chi connectivity index (χ1) is 11.9. The van der Waals surface area contributed by atoms with Crippen LogP contribution in [-0.2, 0) is 10.0 Å². The van der Waals surface area contributed by atoms with E-state index in [0.29, 0.717) is 13.1 Å². The summed E-state index contributed by atoms with van der Waals surface area (Å²) in [7, 11) is -3.69. The van der Waals surface area contributed by atoms with Gasteiger partial charge >= 0.3 is 0 Å². The molecule has 1 heterocycles. The lowest BCUT2D eigenvalue weighted by Crippen LogP contribution is -2.28. The van der Waals surface area contributed by atoms with E-state index in [2.05, 4.69) is 5.32 Å². The topological polar surface area (TPSA) is 86.7 Å².